The van der Waals surface area contributed by atoms with Crippen molar-refractivity contribution in [2.75, 3.05) is 13.1 Å². The summed E-state index contributed by atoms with van der Waals surface area (Å²) in [5.41, 5.74) is 0.814. The van der Waals surface area contributed by atoms with Gasteiger partial charge >= 0.3 is 0 Å². The minimum Gasteiger partial charge on any atom is -0.348 e. The second-order valence-corrected chi connectivity index (χ2v) is 4.39. The Hall–Kier alpha value is -1.09. The van der Waals surface area contributed by atoms with Crippen molar-refractivity contribution in [1.82, 2.24) is 9.47 Å². The summed E-state index contributed by atoms with van der Waals surface area (Å²) in [7, 11) is 1.92. The van der Waals surface area contributed by atoms with E-state index in [4.69, 9.17) is 0 Å². The third kappa shape index (κ3) is 2.12. The quantitative estimate of drug-likeness (QED) is 0.703. The van der Waals surface area contributed by atoms with E-state index in [2.05, 4.69) is 11.8 Å². The van der Waals surface area contributed by atoms with Gasteiger partial charge in [-0.1, -0.05) is 0 Å². The van der Waals surface area contributed by atoms with E-state index in [1.165, 1.54) is 12.8 Å². The molecule has 1 saturated heterocycles. The van der Waals surface area contributed by atoms with Gasteiger partial charge in [0, 0.05) is 19.3 Å². The first-order valence-electron chi connectivity index (χ1n) is 5.57. The lowest BCUT2D eigenvalue weighted by atomic mass is 10.2. The van der Waals surface area contributed by atoms with E-state index in [-0.39, 0.29) is 5.78 Å². The molecule has 0 saturated carbocycles. The minimum absolute atomic E-state index is 0.233. The Morgan fingerprint density at radius 2 is 2.40 bits per heavy atom. The zero-order chi connectivity index (χ0) is 10.8. The van der Waals surface area contributed by atoms with Gasteiger partial charge in [-0.2, -0.15) is 0 Å². The van der Waals surface area contributed by atoms with Crippen LogP contribution in [0.3, 0.4) is 0 Å². The molecule has 1 fully saturated rings. The Balaban J connectivity index is 2.01. The molecule has 1 unspecified atom stereocenters. The van der Waals surface area contributed by atoms with Gasteiger partial charge in [-0.25, -0.2) is 0 Å². The number of carbonyl (C=O) groups is 1. The van der Waals surface area contributed by atoms with Gasteiger partial charge in [0.25, 0.3) is 0 Å². The first kappa shape index (κ1) is 10.4. The summed E-state index contributed by atoms with van der Waals surface area (Å²) in [6, 6.07) is 4.37. The average molecular weight is 206 g/mol. The molecule has 3 heteroatoms. The van der Waals surface area contributed by atoms with Crippen molar-refractivity contribution in [3.8, 4) is 0 Å². The van der Waals surface area contributed by atoms with Gasteiger partial charge in [0.05, 0.1) is 12.2 Å². The van der Waals surface area contributed by atoms with Crippen LogP contribution in [0.2, 0.25) is 0 Å². The van der Waals surface area contributed by atoms with Gasteiger partial charge in [-0.15, -0.1) is 0 Å². The number of likely N-dealkylation sites (tertiary alicyclic amines) is 1. The van der Waals surface area contributed by atoms with Crippen LogP contribution < -0.4 is 0 Å². The van der Waals surface area contributed by atoms with E-state index in [1.807, 2.05) is 29.9 Å². The number of aromatic nitrogens is 1. The zero-order valence-corrected chi connectivity index (χ0v) is 9.44. The third-order valence-corrected chi connectivity index (χ3v) is 3.27. The fourth-order valence-electron chi connectivity index (χ4n) is 2.24. The summed E-state index contributed by atoms with van der Waals surface area (Å²) in [6.45, 7) is 3.83. The maximum absolute atomic E-state index is 12.0. The second-order valence-electron chi connectivity index (χ2n) is 4.39. The van der Waals surface area contributed by atoms with Crippen LogP contribution in [-0.2, 0) is 7.05 Å². The maximum Gasteiger partial charge on any atom is 0.193 e. The highest BCUT2D eigenvalue weighted by Crippen LogP contribution is 2.16. The molecule has 82 valence electrons. The highest BCUT2D eigenvalue weighted by atomic mass is 16.1. The number of ketones is 1. The van der Waals surface area contributed by atoms with Crippen molar-refractivity contribution in [2.24, 2.45) is 7.05 Å². The van der Waals surface area contributed by atoms with Crippen LogP contribution >= 0.6 is 0 Å². The molecule has 3 nitrogen and oxygen atoms in total. The molecule has 0 bridgehead atoms. The lowest BCUT2D eigenvalue weighted by molar-refractivity contribution is 0.0918. The van der Waals surface area contributed by atoms with Crippen molar-refractivity contribution < 1.29 is 4.79 Å². The number of rotatable bonds is 3. The van der Waals surface area contributed by atoms with Crippen LogP contribution in [-0.4, -0.2) is 34.4 Å². The molecule has 1 atom stereocenters. The Bertz CT molecular complexity index is 356. The van der Waals surface area contributed by atoms with Gasteiger partial charge in [-0.05, 0) is 38.4 Å². The zero-order valence-electron chi connectivity index (χ0n) is 9.44. The van der Waals surface area contributed by atoms with Gasteiger partial charge in [0.15, 0.2) is 5.78 Å². The van der Waals surface area contributed by atoms with E-state index in [1.54, 1.807) is 0 Å². The lowest BCUT2D eigenvalue weighted by Gasteiger charge is -2.19. The molecule has 2 rings (SSSR count). The number of Topliss-reactive ketones (excluding diaryl/α,β-unsaturated/α-hetero) is 1. The van der Waals surface area contributed by atoms with Gasteiger partial charge in [0.2, 0.25) is 0 Å². The molecule has 15 heavy (non-hydrogen) atoms. The summed E-state index contributed by atoms with van der Waals surface area (Å²) in [5.74, 6) is 0.233. The second kappa shape index (κ2) is 4.19. The standard InChI is InChI=1S/C12H18N2O/c1-10-5-3-8-14(10)9-12(15)11-6-4-7-13(11)2/h4,6-7,10H,3,5,8-9H2,1-2H3. The van der Waals surface area contributed by atoms with E-state index in [9.17, 15) is 4.79 Å². The number of carbonyl (C=O) groups excluding carboxylic acids is 1. The SMILES string of the molecule is CC1CCCN1CC(=O)c1cccn1C. The molecule has 0 N–H and O–H groups in total. The van der Waals surface area contributed by atoms with Crippen molar-refractivity contribution in [2.45, 2.75) is 25.8 Å². The Morgan fingerprint density at radius 3 is 2.93 bits per heavy atom. The number of hydrogen-bond donors (Lipinski definition) is 0. The predicted octanol–water partition coefficient (Wildman–Crippen LogP) is 1.69. The fraction of sp³-hybridized carbons (Fsp3) is 0.583. The largest absolute Gasteiger partial charge is 0.348 e. The molecule has 1 aliphatic heterocycles. The van der Waals surface area contributed by atoms with Crippen LogP contribution in [0.1, 0.15) is 30.3 Å². The van der Waals surface area contributed by atoms with E-state index in [0.29, 0.717) is 12.6 Å². The van der Waals surface area contributed by atoms with Gasteiger partial charge in [-0.3, -0.25) is 9.69 Å². The smallest absolute Gasteiger partial charge is 0.193 e. The molecule has 1 aromatic heterocycles. The molecular weight excluding hydrogens is 188 g/mol. The van der Waals surface area contributed by atoms with Crippen LogP contribution in [0, 0.1) is 0 Å². The van der Waals surface area contributed by atoms with Gasteiger partial charge < -0.3 is 4.57 Å². The summed E-state index contributed by atoms with van der Waals surface area (Å²) in [4.78, 5) is 14.2. The topological polar surface area (TPSA) is 25.2 Å². The Kier molecular flexibility index (Phi) is 2.91. The van der Waals surface area contributed by atoms with Crippen molar-refractivity contribution >= 4 is 5.78 Å². The predicted molar refractivity (Wildman–Crippen MR) is 60.0 cm³/mol. The van der Waals surface area contributed by atoms with E-state index < -0.39 is 0 Å². The van der Waals surface area contributed by atoms with Crippen LogP contribution in [0.25, 0.3) is 0 Å². The molecule has 2 heterocycles. The molecule has 0 aromatic carbocycles. The fourth-order valence-corrected chi connectivity index (χ4v) is 2.24. The van der Waals surface area contributed by atoms with E-state index in [0.717, 1.165) is 12.2 Å². The Morgan fingerprint density at radius 1 is 1.60 bits per heavy atom. The minimum atomic E-state index is 0.233. The average Bonchev–Trinajstić information content (AvgIpc) is 2.76. The molecule has 0 spiro atoms. The number of aryl methyl sites for hydroxylation is 1. The molecule has 0 aliphatic carbocycles. The number of nitrogens with zero attached hydrogens (tertiary/aromatic N) is 2. The molecule has 0 radical (unpaired) electrons. The Labute approximate surface area is 90.7 Å². The van der Waals surface area contributed by atoms with Gasteiger partial charge in [0.1, 0.15) is 0 Å². The summed E-state index contributed by atoms with van der Waals surface area (Å²) in [5, 5.41) is 0. The van der Waals surface area contributed by atoms with Crippen molar-refractivity contribution in [1.29, 1.82) is 0 Å². The third-order valence-electron chi connectivity index (χ3n) is 3.27. The highest BCUT2D eigenvalue weighted by Gasteiger charge is 2.23. The molecule has 1 aromatic rings. The van der Waals surface area contributed by atoms with E-state index >= 15 is 0 Å². The monoisotopic (exact) mass is 206 g/mol. The summed E-state index contributed by atoms with van der Waals surface area (Å²) < 4.78 is 1.89. The number of hydrogen-bond acceptors (Lipinski definition) is 2. The van der Waals surface area contributed by atoms with Crippen LogP contribution in [0.4, 0.5) is 0 Å². The van der Waals surface area contributed by atoms with Crippen LogP contribution in [0.5, 0.6) is 0 Å². The first-order chi connectivity index (χ1) is 7.18. The first-order valence-corrected chi connectivity index (χ1v) is 5.57. The molecule has 1 aliphatic rings. The van der Waals surface area contributed by atoms with Crippen LogP contribution in [0.15, 0.2) is 18.3 Å². The summed E-state index contributed by atoms with van der Waals surface area (Å²) in [6.07, 6.45) is 4.36. The van der Waals surface area contributed by atoms with Crippen molar-refractivity contribution in [3.63, 3.8) is 0 Å². The highest BCUT2D eigenvalue weighted by molar-refractivity contribution is 5.96. The van der Waals surface area contributed by atoms with Crippen molar-refractivity contribution in [3.05, 3.63) is 24.0 Å². The normalized spacial score (nSPS) is 22.1. The lowest BCUT2D eigenvalue weighted by Crippen LogP contribution is -2.33. The summed E-state index contributed by atoms with van der Waals surface area (Å²) >= 11 is 0. The molecule has 0 amide bonds. The molecular formula is C12H18N2O. The maximum atomic E-state index is 12.0.